The molecule has 1 unspecified atom stereocenters. The Balaban J connectivity index is 1.69. The second kappa shape index (κ2) is 7.52. The van der Waals surface area contributed by atoms with Crippen LogP contribution in [0.2, 0.25) is 0 Å². The van der Waals surface area contributed by atoms with Gasteiger partial charge in [0.05, 0.1) is 5.69 Å². The summed E-state index contributed by atoms with van der Waals surface area (Å²) in [5, 5.41) is 14.4. The van der Waals surface area contributed by atoms with Gasteiger partial charge in [-0.25, -0.2) is 9.37 Å². The summed E-state index contributed by atoms with van der Waals surface area (Å²) in [5.41, 5.74) is 9.08. The van der Waals surface area contributed by atoms with Gasteiger partial charge in [-0.05, 0) is 63.3 Å². The lowest BCUT2D eigenvalue weighted by Gasteiger charge is -2.42. The highest BCUT2D eigenvalue weighted by molar-refractivity contribution is 5.73. The number of rotatable bonds is 0. The first-order chi connectivity index (χ1) is 15.4. The SMILES string of the molecule is CC1Oc2cc(cnc2N)-c2c(nn(C)c2C#N)CCC2(CCC2)Oc2ccc(F)cc21. The number of ether oxygens (including phenoxy) is 2. The van der Waals surface area contributed by atoms with Crippen LogP contribution in [0.25, 0.3) is 11.1 Å². The van der Waals surface area contributed by atoms with Crippen LogP contribution in [0.15, 0.2) is 30.5 Å². The van der Waals surface area contributed by atoms with Crippen LogP contribution in [-0.2, 0) is 13.5 Å². The summed E-state index contributed by atoms with van der Waals surface area (Å²) < 4.78 is 28.4. The molecular weight excluding hydrogens is 409 g/mol. The number of benzene rings is 1. The van der Waals surface area contributed by atoms with E-state index in [-0.39, 0.29) is 17.2 Å². The molecule has 32 heavy (non-hydrogen) atoms. The third-order valence-electron chi connectivity index (χ3n) is 6.52. The van der Waals surface area contributed by atoms with Crippen LogP contribution < -0.4 is 15.2 Å². The predicted octanol–water partition coefficient (Wildman–Crippen LogP) is 4.46. The molecule has 3 heterocycles. The molecule has 2 bridgehead atoms. The zero-order chi connectivity index (χ0) is 22.5. The third-order valence-corrected chi connectivity index (χ3v) is 6.52. The Bertz CT molecular complexity index is 1240. The van der Waals surface area contributed by atoms with Gasteiger partial charge in [-0.2, -0.15) is 10.4 Å². The summed E-state index contributed by atoms with van der Waals surface area (Å²) in [6.45, 7) is 1.83. The molecule has 0 amide bonds. The van der Waals surface area contributed by atoms with Crippen LogP contribution >= 0.6 is 0 Å². The quantitative estimate of drug-likeness (QED) is 0.562. The highest BCUT2D eigenvalue weighted by Crippen LogP contribution is 2.44. The number of anilines is 1. The summed E-state index contributed by atoms with van der Waals surface area (Å²) >= 11 is 0. The van der Waals surface area contributed by atoms with Crippen molar-refractivity contribution >= 4 is 5.82 Å². The van der Waals surface area contributed by atoms with E-state index in [1.807, 2.05) is 6.92 Å². The molecule has 1 fully saturated rings. The maximum Gasteiger partial charge on any atom is 0.166 e. The minimum atomic E-state index is -0.526. The van der Waals surface area contributed by atoms with Crippen molar-refractivity contribution in [3.8, 4) is 28.7 Å². The summed E-state index contributed by atoms with van der Waals surface area (Å²) in [7, 11) is 1.76. The van der Waals surface area contributed by atoms with Gasteiger partial charge in [-0.15, -0.1) is 0 Å². The number of aromatic nitrogens is 3. The Morgan fingerprint density at radius 2 is 2.06 bits per heavy atom. The van der Waals surface area contributed by atoms with Crippen molar-refractivity contribution in [1.29, 1.82) is 5.26 Å². The van der Waals surface area contributed by atoms with E-state index in [0.29, 0.717) is 34.7 Å². The van der Waals surface area contributed by atoms with Crippen LogP contribution in [0, 0.1) is 17.1 Å². The Labute approximate surface area is 185 Å². The Morgan fingerprint density at radius 1 is 1.25 bits per heavy atom. The number of nitrogen functional groups attached to an aromatic ring is 1. The Kier molecular flexibility index (Phi) is 4.77. The molecular formula is C24H24FN5O2. The first-order valence-corrected chi connectivity index (χ1v) is 10.8. The Hall–Kier alpha value is -3.60. The molecule has 2 N–H and O–H groups in total. The fraction of sp³-hybridized carbons (Fsp3) is 0.375. The first-order valence-electron chi connectivity index (χ1n) is 10.8. The second-order valence-electron chi connectivity index (χ2n) is 8.59. The molecule has 5 rings (SSSR count). The van der Waals surface area contributed by atoms with Crippen molar-refractivity contribution in [3.05, 3.63) is 53.2 Å². The maximum atomic E-state index is 14.1. The summed E-state index contributed by atoms with van der Waals surface area (Å²) in [5.74, 6) is 0.833. The predicted molar refractivity (Wildman–Crippen MR) is 117 cm³/mol. The van der Waals surface area contributed by atoms with E-state index in [1.54, 1.807) is 30.1 Å². The van der Waals surface area contributed by atoms with Crippen LogP contribution in [0.3, 0.4) is 0 Å². The molecule has 1 aliphatic heterocycles. The topological polar surface area (TPSA) is 99.0 Å². The second-order valence-corrected chi connectivity index (χ2v) is 8.59. The number of hydrogen-bond donors (Lipinski definition) is 1. The number of aryl methyl sites for hydroxylation is 2. The minimum absolute atomic E-state index is 0.216. The van der Waals surface area contributed by atoms with E-state index in [0.717, 1.165) is 36.9 Å². The monoisotopic (exact) mass is 433 g/mol. The summed E-state index contributed by atoms with van der Waals surface area (Å²) in [4.78, 5) is 4.30. The number of fused-ring (bicyclic) bond motifs is 5. The lowest BCUT2D eigenvalue weighted by Crippen LogP contribution is -2.44. The summed E-state index contributed by atoms with van der Waals surface area (Å²) in [6, 6.07) is 8.55. The standard InChI is InChI=1S/C24H24FN5O2/c1-14-17-11-16(25)4-5-20(17)32-24(7-3-8-24)9-6-18-22(19(12-26)30(2)29-18)15-10-21(31-14)23(27)28-13-15/h4-5,10-11,13-14H,3,6-9H2,1-2H3,(H2,27,28). The maximum absolute atomic E-state index is 14.1. The van der Waals surface area contributed by atoms with Gasteiger partial charge < -0.3 is 15.2 Å². The fourth-order valence-corrected chi connectivity index (χ4v) is 4.61. The zero-order valence-electron chi connectivity index (χ0n) is 18.1. The van der Waals surface area contributed by atoms with Gasteiger partial charge in [0, 0.05) is 29.9 Å². The van der Waals surface area contributed by atoms with Gasteiger partial charge in [0.15, 0.2) is 11.6 Å². The van der Waals surface area contributed by atoms with Crippen LogP contribution in [-0.4, -0.2) is 20.4 Å². The van der Waals surface area contributed by atoms with E-state index >= 15 is 0 Å². The molecule has 3 aromatic rings. The molecule has 2 aromatic heterocycles. The molecule has 1 aromatic carbocycles. The van der Waals surface area contributed by atoms with Gasteiger partial charge in [-0.1, -0.05) is 0 Å². The zero-order valence-corrected chi connectivity index (χ0v) is 18.1. The van der Waals surface area contributed by atoms with Crippen molar-refractivity contribution in [1.82, 2.24) is 14.8 Å². The lowest BCUT2D eigenvalue weighted by atomic mass is 9.76. The average Bonchev–Trinajstić information content (AvgIpc) is 3.07. The molecule has 1 spiro atoms. The van der Waals surface area contributed by atoms with Gasteiger partial charge in [0.2, 0.25) is 0 Å². The Morgan fingerprint density at radius 3 is 2.78 bits per heavy atom. The number of hydrogen-bond acceptors (Lipinski definition) is 6. The number of nitrogens with two attached hydrogens (primary N) is 1. The average molecular weight is 433 g/mol. The van der Waals surface area contributed by atoms with Crippen LogP contribution in [0.5, 0.6) is 11.5 Å². The smallest absolute Gasteiger partial charge is 0.166 e. The van der Waals surface area contributed by atoms with Crippen molar-refractivity contribution in [2.24, 2.45) is 7.05 Å². The number of halogens is 1. The van der Waals surface area contributed by atoms with Crippen molar-refractivity contribution in [2.45, 2.75) is 50.7 Å². The number of pyridine rings is 1. The van der Waals surface area contributed by atoms with Gasteiger partial charge in [0.1, 0.15) is 35.0 Å². The van der Waals surface area contributed by atoms with E-state index < -0.39 is 6.10 Å². The van der Waals surface area contributed by atoms with E-state index in [4.69, 9.17) is 15.2 Å². The summed E-state index contributed by atoms with van der Waals surface area (Å²) in [6.07, 6.45) is 5.38. The molecule has 2 aliphatic rings. The molecule has 0 radical (unpaired) electrons. The van der Waals surface area contributed by atoms with Crippen LogP contribution in [0.1, 0.15) is 55.7 Å². The lowest BCUT2D eigenvalue weighted by molar-refractivity contribution is -0.0166. The molecule has 0 saturated heterocycles. The molecule has 8 heteroatoms. The molecule has 1 aliphatic carbocycles. The normalized spacial score (nSPS) is 19.0. The highest BCUT2D eigenvalue weighted by Gasteiger charge is 2.40. The van der Waals surface area contributed by atoms with E-state index in [1.165, 1.54) is 12.1 Å². The van der Waals surface area contributed by atoms with Gasteiger partial charge >= 0.3 is 0 Å². The van der Waals surface area contributed by atoms with Crippen LogP contribution in [0.4, 0.5) is 10.2 Å². The largest absolute Gasteiger partial charge is 0.487 e. The molecule has 7 nitrogen and oxygen atoms in total. The van der Waals surface area contributed by atoms with Crippen molar-refractivity contribution < 1.29 is 13.9 Å². The van der Waals surface area contributed by atoms with E-state index in [9.17, 15) is 9.65 Å². The molecule has 1 atom stereocenters. The highest BCUT2D eigenvalue weighted by atomic mass is 19.1. The van der Waals surface area contributed by atoms with E-state index in [2.05, 4.69) is 16.2 Å². The van der Waals surface area contributed by atoms with Gasteiger partial charge in [-0.3, -0.25) is 4.68 Å². The third kappa shape index (κ3) is 3.34. The molecule has 164 valence electrons. The van der Waals surface area contributed by atoms with Crippen molar-refractivity contribution in [3.63, 3.8) is 0 Å². The molecule has 1 saturated carbocycles. The van der Waals surface area contributed by atoms with Gasteiger partial charge in [0.25, 0.3) is 0 Å². The number of nitrogens with zero attached hydrogens (tertiary/aromatic N) is 4. The fourth-order valence-electron chi connectivity index (χ4n) is 4.61. The minimum Gasteiger partial charge on any atom is -0.487 e. The first kappa shape index (κ1) is 20.3. The van der Waals surface area contributed by atoms with Crippen molar-refractivity contribution in [2.75, 3.05) is 5.73 Å². The number of nitriles is 1.